The van der Waals surface area contributed by atoms with Crippen LogP contribution in [0.25, 0.3) is 0 Å². The first kappa shape index (κ1) is 52.7. The number of carbonyl (C=O) groups excluding carboxylic acids is 1. The molecule has 0 bridgehead atoms. The number of amides is 1. The maximum atomic E-state index is 12.6. The minimum absolute atomic E-state index is 0. The topological polar surface area (TPSA) is 81.1 Å². The number of likely N-dealkylation sites (N-methyl/N-ethyl adjacent to an activating group) is 1. The summed E-state index contributed by atoms with van der Waals surface area (Å²) in [6.07, 6.45) is 47.9. The first-order valence-corrected chi connectivity index (χ1v) is 23.1. The molecular weight excluding hydrogens is 648 g/mol. The molecule has 0 aromatic rings. The van der Waals surface area contributed by atoms with Gasteiger partial charge in [-0.2, -0.15) is 0 Å². The third-order valence-corrected chi connectivity index (χ3v) is 11.4. The first-order valence-electron chi connectivity index (χ1n) is 23.1. The van der Waals surface area contributed by atoms with Crippen molar-refractivity contribution in [2.45, 2.75) is 245 Å². The van der Waals surface area contributed by atoms with E-state index in [1.54, 1.807) is 0 Å². The Hall–Kier alpha value is -0.360. The SMILES string of the molecule is CCCCCCCCCCCCCCCCCC[N+](C)(CCCCCCCCCCCCCCCCCC)CCNC(=O)[C@@H](N)CCCCN.[Cl-]. The fourth-order valence-corrected chi connectivity index (χ4v) is 7.64. The summed E-state index contributed by atoms with van der Waals surface area (Å²) in [4.78, 5) is 12.6. The van der Waals surface area contributed by atoms with Gasteiger partial charge in [-0.1, -0.05) is 200 Å². The van der Waals surface area contributed by atoms with E-state index in [2.05, 4.69) is 26.2 Å². The summed E-state index contributed by atoms with van der Waals surface area (Å²) < 4.78 is 1.08. The number of hydrogen-bond donors (Lipinski definition) is 3. The molecule has 0 aromatic heterocycles. The van der Waals surface area contributed by atoms with Crippen LogP contribution in [0.5, 0.6) is 0 Å². The van der Waals surface area contributed by atoms with Gasteiger partial charge in [-0.3, -0.25) is 4.79 Å². The van der Waals surface area contributed by atoms with Gasteiger partial charge >= 0.3 is 0 Å². The highest BCUT2D eigenvalue weighted by Crippen LogP contribution is 2.17. The number of nitrogens with zero attached hydrogens (tertiary/aromatic N) is 1. The molecule has 1 amide bonds. The number of nitrogens with one attached hydrogen (secondary N) is 1. The van der Waals surface area contributed by atoms with Crippen LogP contribution >= 0.6 is 0 Å². The Labute approximate surface area is 327 Å². The van der Waals surface area contributed by atoms with E-state index in [1.807, 2.05) is 0 Å². The summed E-state index contributed by atoms with van der Waals surface area (Å²) in [5.41, 5.74) is 11.8. The van der Waals surface area contributed by atoms with Gasteiger partial charge in [0, 0.05) is 0 Å². The van der Waals surface area contributed by atoms with E-state index >= 15 is 0 Å². The second-order valence-corrected chi connectivity index (χ2v) is 16.6. The van der Waals surface area contributed by atoms with Crippen molar-refractivity contribution in [1.82, 2.24) is 5.32 Å². The molecule has 1 atom stereocenters. The molecule has 5 nitrogen and oxygen atoms in total. The fourth-order valence-electron chi connectivity index (χ4n) is 7.64. The van der Waals surface area contributed by atoms with E-state index in [0.29, 0.717) is 6.54 Å². The lowest BCUT2D eigenvalue weighted by Crippen LogP contribution is -3.00. The molecule has 6 heteroatoms. The molecule has 0 spiro atoms. The highest BCUT2D eigenvalue weighted by Gasteiger charge is 2.22. The van der Waals surface area contributed by atoms with E-state index in [4.69, 9.17) is 11.5 Å². The summed E-state index contributed by atoms with van der Waals surface area (Å²) in [5.74, 6) is 0.0124. The number of halogens is 1. The zero-order valence-corrected chi connectivity index (χ0v) is 36.0. The lowest BCUT2D eigenvalue weighted by Gasteiger charge is -2.35. The molecular formula is C45H95ClN4O. The van der Waals surface area contributed by atoms with Crippen LogP contribution in [0.1, 0.15) is 239 Å². The maximum Gasteiger partial charge on any atom is 0.237 e. The Balaban J connectivity index is 0. The molecule has 0 radical (unpaired) electrons. The second kappa shape index (κ2) is 42.4. The van der Waals surface area contributed by atoms with Crippen LogP contribution < -0.4 is 29.2 Å². The number of carbonyl (C=O) groups is 1. The lowest BCUT2D eigenvalue weighted by atomic mass is 10.0. The Morgan fingerprint density at radius 2 is 0.765 bits per heavy atom. The van der Waals surface area contributed by atoms with Gasteiger partial charge in [-0.25, -0.2) is 0 Å². The predicted molar refractivity (Wildman–Crippen MR) is 224 cm³/mol. The van der Waals surface area contributed by atoms with Crippen LogP contribution in [-0.2, 0) is 4.79 Å². The molecule has 0 aliphatic rings. The van der Waals surface area contributed by atoms with Crippen LogP contribution in [-0.4, -0.2) is 56.2 Å². The Kier molecular flexibility index (Phi) is 43.8. The molecule has 51 heavy (non-hydrogen) atoms. The predicted octanol–water partition coefficient (Wildman–Crippen LogP) is 9.53. The summed E-state index contributed by atoms with van der Waals surface area (Å²) in [6, 6.07) is -0.402. The number of unbranched alkanes of at least 4 members (excludes halogenated alkanes) is 31. The molecule has 0 heterocycles. The highest BCUT2D eigenvalue weighted by molar-refractivity contribution is 5.81. The summed E-state index contributed by atoms with van der Waals surface area (Å²) >= 11 is 0. The van der Waals surface area contributed by atoms with Crippen molar-refractivity contribution in [2.24, 2.45) is 11.5 Å². The van der Waals surface area contributed by atoms with Crippen LogP contribution in [0, 0.1) is 0 Å². The smallest absolute Gasteiger partial charge is 0.237 e. The monoisotopic (exact) mass is 743 g/mol. The number of nitrogens with two attached hydrogens (primary N) is 2. The van der Waals surface area contributed by atoms with Gasteiger partial charge in [0.2, 0.25) is 5.91 Å². The van der Waals surface area contributed by atoms with Crippen LogP contribution in [0.4, 0.5) is 0 Å². The van der Waals surface area contributed by atoms with Crippen molar-refractivity contribution in [1.29, 1.82) is 0 Å². The average molecular weight is 744 g/mol. The molecule has 0 unspecified atom stereocenters. The quantitative estimate of drug-likeness (QED) is 0.0431. The normalized spacial score (nSPS) is 12.3. The standard InChI is InChI=1S/C45H94N4O.ClH/c1-4-6-8-10-12-14-16-18-20-22-24-26-28-30-32-36-41-49(3,43-40-48-45(50)44(47)38-34-35-39-46)42-37-33-31-29-27-25-23-21-19-17-15-13-11-9-7-5-2;/h44H,4-43,46-47H2,1-3H3;1H/t44-;/m0./s1. The van der Waals surface area contributed by atoms with Crippen molar-refractivity contribution in [3.63, 3.8) is 0 Å². The van der Waals surface area contributed by atoms with Gasteiger partial charge in [0.05, 0.1) is 39.3 Å². The first-order chi connectivity index (χ1) is 24.5. The van der Waals surface area contributed by atoms with Gasteiger partial charge in [-0.15, -0.1) is 0 Å². The van der Waals surface area contributed by atoms with Gasteiger partial charge < -0.3 is 33.7 Å². The number of quaternary nitrogens is 1. The van der Waals surface area contributed by atoms with E-state index in [0.717, 1.165) is 36.8 Å². The van der Waals surface area contributed by atoms with Gasteiger partial charge in [0.1, 0.15) is 0 Å². The van der Waals surface area contributed by atoms with E-state index < -0.39 is 6.04 Å². The molecule has 0 saturated heterocycles. The number of rotatable bonds is 42. The summed E-state index contributed by atoms with van der Waals surface area (Å²) in [6.45, 7) is 9.48. The Bertz CT molecular complexity index is 643. The van der Waals surface area contributed by atoms with E-state index in [9.17, 15) is 4.79 Å². The van der Waals surface area contributed by atoms with Crippen molar-refractivity contribution in [3.05, 3.63) is 0 Å². The third-order valence-electron chi connectivity index (χ3n) is 11.4. The molecule has 5 N–H and O–H groups in total. The number of hydrogen-bond acceptors (Lipinski definition) is 3. The molecule has 0 rings (SSSR count). The van der Waals surface area contributed by atoms with Gasteiger partial charge in [-0.05, 0) is 45.1 Å². The Morgan fingerprint density at radius 1 is 0.471 bits per heavy atom. The zero-order valence-electron chi connectivity index (χ0n) is 35.2. The zero-order chi connectivity index (χ0) is 36.6. The lowest BCUT2D eigenvalue weighted by molar-refractivity contribution is -0.908. The molecule has 0 aliphatic heterocycles. The molecule has 308 valence electrons. The average Bonchev–Trinajstić information content (AvgIpc) is 3.11. The van der Waals surface area contributed by atoms with Crippen molar-refractivity contribution in [2.75, 3.05) is 39.8 Å². The largest absolute Gasteiger partial charge is 1.00 e. The van der Waals surface area contributed by atoms with Gasteiger partial charge in [0.25, 0.3) is 0 Å². The summed E-state index contributed by atoms with van der Waals surface area (Å²) in [5, 5.41) is 3.17. The van der Waals surface area contributed by atoms with E-state index in [-0.39, 0.29) is 18.3 Å². The van der Waals surface area contributed by atoms with Gasteiger partial charge in [0.15, 0.2) is 0 Å². The minimum atomic E-state index is -0.402. The summed E-state index contributed by atoms with van der Waals surface area (Å²) in [7, 11) is 2.43. The van der Waals surface area contributed by atoms with Crippen molar-refractivity contribution >= 4 is 5.91 Å². The fraction of sp³-hybridized carbons (Fsp3) is 0.978. The van der Waals surface area contributed by atoms with Crippen molar-refractivity contribution in [3.8, 4) is 0 Å². The molecule has 0 saturated carbocycles. The minimum Gasteiger partial charge on any atom is -1.00 e. The van der Waals surface area contributed by atoms with Crippen LogP contribution in [0.2, 0.25) is 0 Å². The molecule has 0 aromatic carbocycles. The Morgan fingerprint density at radius 3 is 1.06 bits per heavy atom. The second-order valence-electron chi connectivity index (χ2n) is 16.6. The third kappa shape index (κ3) is 39.2. The molecule has 0 fully saturated rings. The maximum absolute atomic E-state index is 12.6. The van der Waals surface area contributed by atoms with Crippen LogP contribution in [0.15, 0.2) is 0 Å². The van der Waals surface area contributed by atoms with Crippen LogP contribution in [0.3, 0.4) is 0 Å². The highest BCUT2D eigenvalue weighted by atomic mass is 35.5. The van der Waals surface area contributed by atoms with E-state index in [1.165, 1.54) is 219 Å². The molecule has 0 aliphatic carbocycles. The van der Waals surface area contributed by atoms with Crippen molar-refractivity contribution < 1.29 is 21.7 Å².